The summed E-state index contributed by atoms with van der Waals surface area (Å²) in [6.45, 7) is 10.0. The van der Waals surface area contributed by atoms with Gasteiger partial charge in [-0.1, -0.05) is 13.8 Å². The molecule has 0 saturated heterocycles. The SMILES string of the molecule is Cc1cc(OC(C)C)ccc1NC(=O)[C@@H](N)CC(C)C. The summed E-state index contributed by atoms with van der Waals surface area (Å²) in [7, 11) is 0. The minimum atomic E-state index is -0.471. The van der Waals surface area contributed by atoms with Crippen molar-refractivity contribution in [2.45, 2.75) is 53.2 Å². The number of nitrogens with one attached hydrogen (secondary N) is 1. The fourth-order valence-corrected chi connectivity index (χ4v) is 1.96. The highest BCUT2D eigenvalue weighted by molar-refractivity contribution is 5.95. The molecule has 0 saturated carbocycles. The van der Waals surface area contributed by atoms with Gasteiger partial charge in [0.15, 0.2) is 0 Å². The molecule has 1 aromatic rings. The number of benzene rings is 1. The first-order chi connectivity index (χ1) is 9.29. The van der Waals surface area contributed by atoms with Gasteiger partial charge in [0.25, 0.3) is 0 Å². The molecule has 0 heterocycles. The van der Waals surface area contributed by atoms with E-state index in [-0.39, 0.29) is 12.0 Å². The number of hydrogen-bond donors (Lipinski definition) is 2. The van der Waals surface area contributed by atoms with Crippen LogP contribution in [-0.4, -0.2) is 18.1 Å². The van der Waals surface area contributed by atoms with Gasteiger partial charge in [-0.2, -0.15) is 0 Å². The average molecular weight is 278 g/mol. The summed E-state index contributed by atoms with van der Waals surface area (Å²) in [4.78, 5) is 12.0. The van der Waals surface area contributed by atoms with Gasteiger partial charge in [0.05, 0.1) is 12.1 Å². The van der Waals surface area contributed by atoms with Crippen LogP contribution in [0.15, 0.2) is 18.2 Å². The Morgan fingerprint density at radius 1 is 1.30 bits per heavy atom. The molecule has 0 aromatic heterocycles. The molecule has 0 radical (unpaired) electrons. The van der Waals surface area contributed by atoms with Gasteiger partial charge < -0.3 is 15.8 Å². The third-order valence-electron chi connectivity index (χ3n) is 2.89. The first-order valence-corrected chi connectivity index (χ1v) is 7.13. The average Bonchev–Trinajstić information content (AvgIpc) is 2.30. The number of rotatable bonds is 6. The third-order valence-corrected chi connectivity index (χ3v) is 2.89. The van der Waals surface area contributed by atoms with Crippen molar-refractivity contribution in [3.8, 4) is 5.75 Å². The molecule has 0 fully saturated rings. The lowest BCUT2D eigenvalue weighted by molar-refractivity contribution is -0.117. The Kier molecular flexibility index (Phi) is 6.02. The van der Waals surface area contributed by atoms with E-state index in [2.05, 4.69) is 19.2 Å². The molecule has 0 bridgehead atoms. The molecule has 0 aliphatic carbocycles. The Balaban J connectivity index is 2.71. The molecular formula is C16H26N2O2. The standard InChI is InChI=1S/C16H26N2O2/c1-10(2)8-14(17)16(19)18-15-7-6-13(9-12(15)5)20-11(3)4/h6-7,9-11,14H,8,17H2,1-5H3,(H,18,19)/t14-/m0/s1. The van der Waals surface area contributed by atoms with E-state index in [1.165, 1.54) is 0 Å². The second kappa shape index (κ2) is 7.29. The number of nitrogens with two attached hydrogens (primary N) is 1. The third kappa shape index (κ3) is 5.21. The molecule has 20 heavy (non-hydrogen) atoms. The minimum Gasteiger partial charge on any atom is -0.491 e. The van der Waals surface area contributed by atoms with Crippen LogP contribution in [0, 0.1) is 12.8 Å². The van der Waals surface area contributed by atoms with E-state index >= 15 is 0 Å². The lowest BCUT2D eigenvalue weighted by Crippen LogP contribution is -2.36. The number of aryl methyl sites for hydroxylation is 1. The number of hydrogen-bond acceptors (Lipinski definition) is 3. The van der Waals surface area contributed by atoms with E-state index in [0.29, 0.717) is 12.3 Å². The monoisotopic (exact) mass is 278 g/mol. The lowest BCUT2D eigenvalue weighted by Gasteiger charge is -2.16. The highest BCUT2D eigenvalue weighted by Crippen LogP contribution is 2.22. The molecule has 3 N–H and O–H groups in total. The topological polar surface area (TPSA) is 64.3 Å². The van der Waals surface area contributed by atoms with Gasteiger partial charge >= 0.3 is 0 Å². The summed E-state index contributed by atoms with van der Waals surface area (Å²) in [6, 6.07) is 5.16. The largest absolute Gasteiger partial charge is 0.491 e. The smallest absolute Gasteiger partial charge is 0.241 e. The first-order valence-electron chi connectivity index (χ1n) is 7.13. The van der Waals surface area contributed by atoms with Crippen molar-refractivity contribution in [2.24, 2.45) is 11.7 Å². The zero-order chi connectivity index (χ0) is 15.3. The van der Waals surface area contributed by atoms with Gasteiger partial charge in [0.1, 0.15) is 5.75 Å². The van der Waals surface area contributed by atoms with Crippen molar-refractivity contribution >= 4 is 11.6 Å². The molecule has 4 heteroatoms. The molecule has 0 spiro atoms. The van der Waals surface area contributed by atoms with Crippen LogP contribution in [-0.2, 0) is 4.79 Å². The van der Waals surface area contributed by atoms with Crippen molar-refractivity contribution in [1.82, 2.24) is 0 Å². The van der Waals surface area contributed by atoms with E-state index < -0.39 is 6.04 Å². The quantitative estimate of drug-likeness (QED) is 0.840. The summed E-state index contributed by atoms with van der Waals surface area (Å²) < 4.78 is 5.62. The Labute approximate surface area is 121 Å². The maximum atomic E-state index is 12.0. The summed E-state index contributed by atoms with van der Waals surface area (Å²) in [6.07, 6.45) is 0.814. The van der Waals surface area contributed by atoms with E-state index in [0.717, 1.165) is 17.0 Å². The number of amides is 1. The lowest BCUT2D eigenvalue weighted by atomic mass is 10.0. The fourth-order valence-electron chi connectivity index (χ4n) is 1.96. The molecule has 112 valence electrons. The van der Waals surface area contributed by atoms with Gasteiger partial charge in [-0.15, -0.1) is 0 Å². The van der Waals surface area contributed by atoms with Crippen LogP contribution in [0.4, 0.5) is 5.69 Å². The van der Waals surface area contributed by atoms with E-state index in [1.54, 1.807) is 0 Å². The zero-order valence-corrected chi connectivity index (χ0v) is 13.1. The van der Waals surface area contributed by atoms with Crippen LogP contribution in [0.1, 0.15) is 39.7 Å². The molecule has 1 amide bonds. The Morgan fingerprint density at radius 3 is 2.45 bits per heavy atom. The van der Waals surface area contributed by atoms with Crippen molar-refractivity contribution in [2.75, 3.05) is 5.32 Å². The molecule has 1 atom stereocenters. The maximum Gasteiger partial charge on any atom is 0.241 e. The fraction of sp³-hybridized carbons (Fsp3) is 0.562. The van der Waals surface area contributed by atoms with Gasteiger partial charge in [-0.3, -0.25) is 4.79 Å². The van der Waals surface area contributed by atoms with Crippen molar-refractivity contribution in [1.29, 1.82) is 0 Å². The molecule has 0 aliphatic rings. The van der Waals surface area contributed by atoms with E-state index in [9.17, 15) is 4.79 Å². The highest BCUT2D eigenvalue weighted by Gasteiger charge is 2.16. The summed E-state index contributed by atoms with van der Waals surface area (Å²) in [5.74, 6) is 1.07. The van der Waals surface area contributed by atoms with Crippen LogP contribution in [0.2, 0.25) is 0 Å². The first kappa shape index (κ1) is 16.5. The van der Waals surface area contributed by atoms with Crippen molar-refractivity contribution in [3.05, 3.63) is 23.8 Å². The van der Waals surface area contributed by atoms with Crippen LogP contribution in [0.5, 0.6) is 5.75 Å². The summed E-state index contributed by atoms with van der Waals surface area (Å²) in [5.41, 5.74) is 7.62. The zero-order valence-electron chi connectivity index (χ0n) is 13.1. The number of anilines is 1. The minimum absolute atomic E-state index is 0.134. The second-order valence-corrected chi connectivity index (χ2v) is 5.87. The number of ether oxygens (including phenoxy) is 1. The predicted molar refractivity (Wildman–Crippen MR) is 83.0 cm³/mol. The predicted octanol–water partition coefficient (Wildman–Crippen LogP) is 3.09. The molecule has 0 unspecified atom stereocenters. The van der Waals surface area contributed by atoms with E-state index in [4.69, 9.17) is 10.5 Å². The van der Waals surface area contributed by atoms with E-state index in [1.807, 2.05) is 39.0 Å². The number of carbonyl (C=O) groups is 1. The second-order valence-electron chi connectivity index (χ2n) is 5.87. The van der Waals surface area contributed by atoms with Gasteiger partial charge in [0.2, 0.25) is 5.91 Å². The van der Waals surface area contributed by atoms with Crippen molar-refractivity contribution < 1.29 is 9.53 Å². The molecule has 0 aliphatic heterocycles. The summed E-state index contributed by atoms with van der Waals surface area (Å²) >= 11 is 0. The Morgan fingerprint density at radius 2 is 1.95 bits per heavy atom. The molecule has 1 aromatic carbocycles. The van der Waals surface area contributed by atoms with Crippen LogP contribution in [0.25, 0.3) is 0 Å². The Bertz CT molecular complexity index is 456. The maximum absolute atomic E-state index is 12.0. The van der Waals surface area contributed by atoms with Crippen LogP contribution >= 0.6 is 0 Å². The van der Waals surface area contributed by atoms with Gasteiger partial charge in [0, 0.05) is 5.69 Å². The van der Waals surface area contributed by atoms with Gasteiger partial charge in [-0.25, -0.2) is 0 Å². The molecular weight excluding hydrogens is 252 g/mol. The van der Waals surface area contributed by atoms with Crippen LogP contribution < -0.4 is 15.8 Å². The van der Waals surface area contributed by atoms with Gasteiger partial charge in [-0.05, 0) is 56.9 Å². The normalized spacial score (nSPS) is 12.6. The van der Waals surface area contributed by atoms with Crippen LogP contribution in [0.3, 0.4) is 0 Å². The van der Waals surface area contributed by atoms with Crippen molar-refractivity contribution in [3.63, 3.8) is 0 Å². The highest BCUT2D eigenvalue weighted by atomic mass is 16.5. The molecule has 1 rings (SSSR count). The Hall–Kier alpha value is -1.55. The molecule has 4 nitrogen and oxygen atoms in total. The summed E-state index contributed by atoms with van der Waals surface area (Å²) in [5, 5.41) is 2.88. The number of carbonyl (C=O) groups excluding carboxylic acids is 1.